The van der Waals surface area contributed by atoms with Crippen molar-refractivity contribution in [3.05, 3.63) is 30.4 Å². The minimum absolute atomic E-state index is 0.763. The van der Waals surface area contributed by atoms with E-state index in [2.05, 4.69) is 25.5 Å². The number of nitrogens with one attached hydrogen (secondary N) is 2. The monoisotopic (exact) mass is 260 g/mol. The number of aromatic nitrogens is 4. The number of hydrogen-bond donors (Lipinski definition) is 3. The highest BCUT2D eigenvalue weighted by Crippen LogP contribution is 2.27. The third kappa shape index (κ3) is 2.25. The van der Waals surface area contributed by atoms with Gasteiger partial charge in [0.1, 0.15) is 12.2 Å². The fourth-order valence-electron chi connectivity index (χ4n) is 1.66. The normalized spacial score (nSPS) is 10.9. The summed E-state index contributed by atoms with van der Waals surface area (Å²) in [7, 11) is 0. The van der Waals surface area contributed by atoms with E-state index in [1.165, 1.54) is 6.33 Å². The van der Waals surface area contributed by atoms with E-state index >= 15 is 0 Å². The van der Waals surface area contributed by atoms with Crippen molar-refractivity contribution in [3.63, 3.8) is 0 Å². The van der Waals surface area contributed by atoms with E-state index in [1.54, 1.807) is 11.3 Å². The summed E-state index contributed by atoms with van der Waals surface area (Å²) in [5.74, 6) is 0.868. The van der Waals surface area contributed by atoms with Crippen molar-refractivity contribution in [1.29, 1.82) is 0 Å². The SMILES string of the molecule is Nc1ccc2nc(NCCc3ncn[nH]3)sc2c1. The summed E-state index contributed by atoms with van der Waals surface area (Å²) in [5.41, 5.74) is 7.47. The zero-order chi connectivity index (χ0) is 12.4. The lowest BCUT2D eigenvalue weighted by Gasteiger charge is -1.98. The molecule has 1 aromatic carbocycles. The molecule has 2 heterocycles. The minimum Gasteiger partial charge on any atom is -0.399 e. The number of thiazole rings is 1. The van der Waals surface area contributed by atoms with Crippen molar-refractivity contribution in [1.82, 2.24) is 20.2 Å². The van der Waals surface area contributed by atoms with Crippen LogP contribution in [-0.4, -0.2) is 26.7 Å². The maximum Gasteiger partial charge on any atom is 0.183 e. The molecule has 18 heavy (non-hydrogen) atoms. The highest BCUT2D eigenvalue weighted by Gasteiger charge is 2.03. The third-order valence-electron chi connectivity index (χ3n) is 2.52. The molecule has 2 aromatic heterocycles. The van der Waals surface area contributed by atoms with Gasteiger partial charge in [-0.2, -0.15) is 5.10 Å². The number of anilines is 2. The van der Waals surface area contributed by atoms with Crippen molar-refractivity contribution in [2.75, 3.05) is 17.6 Å². The Morgan fingerprint density at radius 2 is 2.33 bits per heavy atom. The van der Waals surface area contributed by atoms with E-state index < -0.39 is 0 Å². The number of nitrogens with two attached hydrogens (primary N) is 1. The van der Waals surface area contributed by atoms with E-state index in [0.29, 0.717) is 0 Å². The fourth-order valence-corrected chi connectivity index (χ4v) is 2.60. The molecule has 7 heteroatoms. The van der Waals surface area contributed by atoms with Crippen molar-refractivity contribution in [2.45, 2.75) is 6.42 Å². The van der Waals surface area contributed by atoms with Crippen LogP contribution < -0.4 is 11.1 Å². The zero-order valence-corrected chi connectivity index (χ0v) is 10.4. The van der Waals surface area contributed by atoms with Crippen molar-refractivity contribution in [3.8, 4) is 0 Å². The van der Waals surface area contributed by atoms with Gasteiger partial charge in [0, 0.05) is 18.7 Å². The summed E-state index contributed by atoms with van der Waals surface area (Å²) in [6.07, 6.45) is 2.30. The number of benzene rings is 1. The second-order valence-electron chi connectivity index (χ2n) is 3.86. The Bertz CT molecular complexity index is 645. The Morgan fingerprint density at radius 1 is 1.39 bits per heavy atom. The van der Waals surface area contributed by atoms with Gasteiger partial charge in [0.2, 0.25) is 0 Å². The molecule has 0 atom stereocenters. The zero-order valence-electron chi connectivity index (χ0n) is 9.55. The lowest BCUT2D eigenvalue weighted by Crippen LogP contribution is -2.05. The number of nitrogens with zero attached hydrogens (tertiary/aromatic N) is 3. The van der Waals surface area contributed by atoms with Gasteiger partial charge in [0.05, 0.1) is 10.2 Å². The first-order chi connectivity index (χ1) is 8.81. The van der Waals surface area contributed by atoms with Crippen LogP contribution in [0.2, 0.25) is 0 Å². The van der Waals surface area contributed by atoms with Crippen LogP contribution in [0.3, 0.4) is 0 Å². The summed E-state index contributed by atoms with van der Waals surface area (Å²) in [6, 6.07) is 5.73. The van der Waals surface area contributed by atoms with Crippen molar-refractivity contribution in [2.24, 2.45) is 0 Å². The quantitative estimate of drug-likeness (QED) is 0.620. The Hall–Kier alpha value is -2.15. The van der Waals surface area contributed by atoms with E-state index in [0.717, 1.165) is 39.8 Å². The molecule has 0 unspecified atom stereocenters. The maximum absolute atomic E-state index is 5.74. The molecule has 0 fully saturated rings. The van der Waals surface area contributed by atoms with Crippen LogP contribution in [0.15, 0.2) is 24.5 Å². The van der Waals surface area contributed by atoms with Crippen molar-refractivity contribution >= 4 is 32.4 Å². The predicted molar refractivity (Wildman–Crippen MR) is 72.6 cm³/mol. The van der Waals surface area contributed by atoms with Gasteiger partial charge in [0.15, 0.2) is 5.13 Å². The fraction of sp³-hybridized carbons (Fsp3) is 0.182. The van der Waals surface area contributed by atoms with Gasteiger partial charge in [0.25, 0.3) is 0 Å². The van der Waals surface area contributed by atoms with Gasteiger partial charge in [-0.05, 0) is 18.2 Å². The molecular weight excluding hydrogens is 248 g/mol. The molecule has 0 amide bonds. The molecule has 0 aliphatic heterocycles. The number of rotatable bonds is 4. The van der Waals surface area contributed by atoms with Gasteiger partial charge >= 0.3 is 0 Å². The van der Waals surface area contributed by atoms with Crippen molar-refractivity contribution < 1.29 is 0 Å². The number of nitrogen functional groups attached to an aromatic ring is 1. The summed E-state index contributed by atoms with van der Waals surface area (Å²) in [4.78, 5) is 8.54. The van der Waals surface area contributed by atoms with Crippen LogP contribution in [0, 0.1) is 0 Å². The molecule has 3 rings (SSSR count). The summed E-state index contributed by atoms with van der Waals surface area (Å²) in [6.45, 7) is 0.768. The van der Waals surface area contributed by atoms with E-state index in [1.807, 2.05) is 18.2 Å². The Balaban J connectivity index is 1.67. The third-order valence-corrected chi connectivity index (χ3v) is 3.49. The number of fused-ring (bicyclic) bond motifs is 1. The molecule has 92 valence electrons. The summed E-state index contributed by atoms with van der Waals surface area (Å²) in [5, 5.41) is 10.8. The first-order valence-electron chi connectivity index (χ1n) is 5.55. The van der Waals surface area contributed by atoms with Crippen LogP contribution in [0.25, 0.3) is 10.2 Å². The largest absolute Gasteiger partial charge is 0.399 e. The standard InChI is InChI=1S/C11H12N6S/c12-7-1-2-8-9(5-7)18-11(16-8)13-4-3-10-14-6-15-17-10/h1-2,5-6H,3-4,12H2,(H,13,16)(H,14,15,17). The van der Waals surface area contributed by atoms with E-state index in [4.69, 9.17) is 5.73 Å². The van der Waals surface area contributed by atoms with Crippen LogP contribution in [0.4, 0.5) is 10.8 Å². The van der Waals surface area contributed by atoms with Gasteiger partial charge in [-0.1, -0.05) is 11.3 Å². The second kappa shape index (κ2) is 4.61. The molecule has 0 aliphatic carbocycles. The minimum atomic E-state index is 0.763. The highest BCUT2D eigenvalue weighted by atomic mass is 32.1. The molecule has 0 saturated carbocycles. The molecule has 0 saturated heterocycles. The maximum atomic E-state index is 5.74. The van der Waals surface area contributed by atoms with E-state index in [-0.39, 0.29) is 0 Å². The lowest BCUT2D eigenvalue weighted by atomic mass is 10.3. The molecule has 3 aromatic rings. The van der Waals surface area contributed by atoms with Crippen LogP contribution >= 0.6 is 11.3 Å². The lowest BCUT2D eigenvalue weighted by molar-refractivity contribution is 0.900. The molecule has 6 nitrogen and oxygen atoms in total. The predicted octanol–water partition coefficient (Wildman–Crippen LogP) is 1.65. The Kier molecular flexibility index (Phi) is 2.81. The highest BCUT2D eigenvalue weighted by molar-refractivity contribution is 7.22. The van der Waals surface area contributed by atoms with Crippen LogP contribution in [-0.2, 0) is 6.42 Å². The molecular formula is C11H12N6S. The van der Waals surface area contributed by atoms with Gasteiger partial charge in [-0.3, -0.25) is 5.10 Å². The molecule has 0 spiro atoms. The summed E-state index contributed by atoms with van der Waals surface area (Å²) < 4.78 is 1.09. The second-order valence-corrected chi connectivity index (χ2v) is 4.89. The topological polar surface area (TPSA) is 92.5 Å². The van der Waals surface area contributed by atoms with Gasteiger partial charge in [-0.25, -0.2) is 9.97 Å². The first-order valence-corrected chi connectivity index (χ1v) is 6.37. The van der Waals surface area contributed by atoms with Gasteiger partial charge < -0.3 is 11.1 Å². The molecule has 0 bridgehead atoms. The molecule has 0 radical (unpaired) electrons. The number of aromatic amines is 1. The van der Waals surface area contributed by atoms with Gasteiger partial charge in [-0.15, -0.1) is 0 Å². The summed E-state index contributed by atoms with van der Waals surface area (Å²) >= 11 is 1.60. The average Bonchev–Trinajstić information content (AvgIpc) is 2.97. The smallest absolute Gasteiger partial charge is 0.183 e. The van der Waals surface area contributed by atoms with E-state index in [9.17, 15) is 0 Å². The number of hydrogen-bond acceptors (Lipinski definition) is 6. The van der Waals surface area contributed by atoms with Crippen LogP contribution in [0.5, 0.6) is 0 Å². The molecule has 4 N–H and O–H groups in total. The Labute approximate surface area is 107 Å². The number of H-pyrrole nitrogens is 1. The van der Waals surface area contributed by atoms with Crippen LogP contribution in [0.1, 0.15) is 5.82 Å². The average molecular weight is 260 g/mol. The molecule has 0 aliphatic rings. The first kappa shape index (κ1) is 11.0. The Morgan fingerprint density at radius 3 is 3.17 bits per heavy atom.